The lowest BCUT2D eigenvalue weighted by Gasteiger charge is -2.11. The van der Waals surface area contributed by atoms with Gasteiger partial charge >= 0.3 is 12.1 Å². The number of hydrogen-bond acceptors (Lipinski definition) is 4. The molecule has 2 N–H and O–H groups in total. The lowest BCUT2D eigenvalue weighted by molar-refractivity contribution is 0.0698. The average Bonchev–Trinajstić information content (AvgIpc) is 3.04. The molecule has 0 unspecified atom stereocenters. The third-order valence-corrected chi connectivity index (χ3v) is 3.49. The topological polar surface area (TPSA) is 93.5 Å². The third kappa shape index (κ3) is 3.86. The van der Waals surface area contributed by atoms with E-state index in [4.69, 9.17) is 4.74 Å². The number of nitrogens with one attached hydrogen (secondary N) is 1. The molecule has 0 aliphatic heterocycles. The Balaban J connectivity index is 1.82. The van der Waals surface area contributed by atoms with Gasteiger partial charge in [-0.2, -0.15) is 5.10 Å². The Labute approximate surface area is 147 Å². The molecule has 132 valence electrons. The minimum Gasteiger partial charge on any atom is -0.477 e. The van der Waals surface area contributed by atoms with E-state index >= 15 is 0 Å². The lowest BCUT2D eigenvalue weighted by Crippen LogP contribution is -2.18. The molecule has 0 saturated heterocycles. The number of carboxylic acid groups (broad SMARTS) is 1. The first kappa shape index (κ1) is 17.2. The van der Waals surface area contributed by atoms with Crippen LogP contribution in [0.5, 0.6) is 0 Å². The molecule has 0 atom stereocenters. The van der Waals surface area contributed by atoms with Crippen LogP contribution in [0.15, 0.2) is 60.8 Å². The summed E-state index contributed by atoms with van der Waals surface area (Å²) in [4.78, 5) is 23.4. The molecule has 1 heterocycles. The minimum atomic E-state index is -1.29. The van der Waals surface area contributed by atoms with E-state index in [9.17, 15) is 19.1 Å². The van der Waals surface area contributed by atoms with Gasteiger partial charge in [0.05, 0.1) is 11.9 Å². The fourth-order valence-electron chi connectivity index (χ4n) is 2.28. The van der Waals surface area contributed by atoms with E-state index in [2.05, 4.69) is 10.4 Å². The van der Waals surface area contributed by atoms with Gasteiger partial charge in [-0.1, -0.05) is 36.4 Å². The van der Waals surface area contributed by atoms with E-state index in [1.54, 1.807) is 24.3 Å². The van der Waals surface area contributed by atoms with Crippen molar-refractivity contribution in [2.24, 2.45) is 0 Å². The Morgan fingerprint density at radius 2 is 1.92 bits per heavy atom. The Hall–Kier alpha value is -3.68. The number of anilines is 1. The first-order valence-electron chi connectivity index (χ1n) is 7.59. The molecular formula is C18H14FN3O4. The Morgan fingerprint density at radius 3 is 2.62 bits per heavy atom. The number of nitrogens with zero attached hydrogens (tertiary/aromatic N) is 2. The zero-order chi connectivity index (χ0) is 18.5. The monoisotopic (exact) mass is 355 g/mol. The molecule has 3 rings (SSSR count). The standard InChI is InChI=1S/C18H14FN3O4/c19-13-7-4-8-14(9-13)22-16(15(10-20-22)17(23)24)21-18(25)26-11-12-5-2-1-3-6-12/h1-10H,11H2,(H,21,25)(H,23,24). The number of aromatic nitrogens is 2. The highest BCUT2D eigenvalue weighted by molar-refractivity contribution is 5.97. The van der Waals surface area contributed by atoms with E-state index in [0.717, 1.165) is 16.4 Å². The number of carboxylic acids is 1. The Morgan fingerprint density at radius 1 is 1.15 bits per heavy atom. The largest absolute Gasteiger partial charge is 0.477 e. The van der Waals surface area contributed by atoms with Gasteiger partial charge in [0.15, 0.2) is 5.82 Å². The maximum absolute atomic E-state index is 13.5. The maximum Gasteiger partial charge on any atom is 0.413 e. The number of benzene rings is 2. The van der Waals surface area contributed by atoms with Gasteiger partial charge in [-0.05, 0) is 23.8 Å². The maximum atomic E-state index is 13.5. The molecule has 1 amide bonds. The van der Waals surface area contributed by atoms with Gasteiger partial charge in [0.25, 0.3) is 0 Å². The second-order valence-corrected chi connectivity index (χ2v) is 5.29. The summed E-state index contributed by atoms with van der Waals surface area (Å²) in [6, 6.07) is 14.4. The Kier molecular flexibility index (Phi) is 4.93. The summed E-state index contributed by atoms with van der Waals surface area (Å²) in [5, 5.41) is 15.6. The summed E-state index contributed by atoms with van der Waals surface area (Å²) in [5.74, 6) is -1.93. The molecule has 0 spiro atoms. The predicted molar refractivity (Wildman–Crippen MR) is 90.7 cm³/mol. The van der Waals surface area contributed by atoms with Crippen molar-refractivity contribution in [3.8, 4) is 5.69 Å². The van der Waals surface area contributed by atoms with Crippen molar-refractivity contribution in [3.05, 3.63) is 77.7 Å². The van der Waals surface area contributed by atoms with Crippen molar-refractivity contribution < 1.29 is 23.8 Å². The fourth-order valence-corrected chi connectivity index (χ4v) is 2.28. The van der Waals surface area contributed by atoms with Crippen LogP contribution in [-0.4, -0.2) is 26.9 Å². The van der Waals surface area contributed by atoms with Crippen LogP contribution in [-0.2, 0) is 11.3 Å². The predicted octanol–water partition coefficient (Wildman–Crippen LogP) is 3.46. The highest BCUT2D eigenvalue weighted by Crippen LogP contribution is 2.21. The van der Waals surface area contributed by atoms with Crippen molar-refractivity contribution in [2.75, 3.05) is 5.32 Å². The van der Waals surface area contributed by atoms with Crippen LogP contribution in [0.1, 0.15) is 15.9 Å². The molecule has 0 fully saturated rings. The molecule has 0 saturated carbocycles. The summed E-state index contributed by atoms with van der Waals surface area (Å²) < 4.78 is 19.7. The van der Waals surface area contributed by atoms with Crippen molar-refractivity contribution in [3.63, 3.8) is 0 Å². The molecular weight excluding hydrogens is 341 g/mol. The number of carbonyl (C=O) groups excluding carboxylic acids is 1. The third-order valence-electron chi connectivity index (χ3n) is 3.49. The average molecular weight is 355 g/mol. The van der Waals surface area contributed by atoms with Crippen LogP contribution in [0, 0.1) is 5.82 Å². The van der Waals surface area contributed by atoms with Crippen LogP contribution < -0.4 is 5.32 Å². The molecule has 2 aromatic carbocycles. The van der Waals surface area contributed by atoms with Gasteiger partial charge in [-0.15, -0.1) is 0 Å². The van der Waals surface area contributed by atoms with Gasteiger partial charge in [0.2, 0.25) is 0 Å². The summed E-state index contributed by atoms with van der Waals surface area (Å²) in [7, 11) is 0. The SMILES string of the molecule is O=C(Nc1c(C(=O)O)cnn1-c1cccc(F)c1)OCc1ccccc1. The van der Waals surface area contributed by atoms with E-state index < -0.39 is 17.9 Å². The zero-order valence-corrected chi connectivity index (χ0v) is 13.4. The number of rotatable bonds is 5. The van der Waals surface area contributed by atoms with Gasteiger partial charge < -0.3 is 9.84 Å². The van der Waals surface area contributed by atoms with Crippen LogP contribution in [0.4, 0.5) is 15.0 Å². The lowest BCUT2D eigenvalue weighted by atomic mass is 10.2. The molecule has 0 aliphatic rings. The second-order valence-electron chi connectivity index (χ2n) is 5.29. The number of amides is 1. The Bertz CT molecular complexity index is 941. The first-order chi connectivity index (χ1) is 12.5. The normalized spacial score (nSPS) is 10.3. The smallest absolute Gasteiger partial charge is 0.413 e. The van der Waals surface area contributed by atoms with Gasteiger partial charge in [-0.25, -0.2) is 18.7 Å². The summed E-state index contributed by atoms with van der Waals surface area (Å²) in [6.45, 7) is 0.0170. The van der Waals surface area contributed by atoms with Gasteiger partial charge in [-0.3, -0.25) is 5.32 Å². The highest BCUT2D eigenvalue weighted by atomic mass is 19.1. The number of hydrogen-bond donors (Lipinski definition) is 2. The van der Waals surface area contributed by atoms with E-state index in [-0.39, 0.29) is 23.7 Å². The van der Waals surface area contributed by atoms with E-state index in [1.807, 2.05) is 6.07 Å². The summed E-state index contributed by atoms with van der Waals surface area (Å²) >= 11 is 0. The van der Waals surface area contributed by atoms with Crippen molar-refractivity contribution in [1.29, 1.82) is 0 Å². The molecule has 0 radical (unpaired) electrons. The van der Waals surface area contributed by atoms with Crippen LogP contribution >= 0.6 is 0 Å². The molecule has 0 bridgehead atoms. The van der Waals surface area contributed by atoms with Crippen LogP contribution in [0.2, 0.25) is 0 Å². The molecule has 8 heteroatoms. The molecule has 7 nitrogen and oxygen atoms in total. The van der Waals surface area contributed by atoms with Crippen LogP contribution in [0.25, 0.3) is 5.69 Å². The number of aromatic carboxylic acids is 1. The number of ether oxygens (including phenoxy) is 1. The first-order valence-corrected chi connectivity index (χ1v) is 7.59. The number of carbonyl (C=O) groups is 2. The summed E-state index contributed by atoms with van der Waals surface area (Å²) in [6.07, 6.45) is 0.217. The molecule has 0 aliphatic carbocycles. The molecule has 1 aromatic heterocycles. The van der Waals surface area contributed by atoms with E-state index in [1.165, 1.54) is 24.3 Å². The van der Waals surface area contributed by atoms with Gasteiger partial charge in [0.1, 0.15) is 18.0 Å². The van der Waals surface area contributed by atoms with Crippen molar-refractivity contribution in [1.82, 2.24) is 9.78 Å². The quantitative estimate of drug-likeness (QED) is 0.731. The summed E-state index contributed by atoms with van der Waals surface area (Å²) in [5.41, 5.74) is 0.793. The highest BCUT2D eigenvalue weighted by Gasteiger charge is 2.20. The second kappa shape index (κ2) is 7.47. The fraction of sp³-hybridized carbons (Fsp3) is 0.0556. The molecule has 3 aromatic rings. The number of halogens is 1. The van der Waals surface area contributed by atoms with Crippen LogP contribution in [0.3, 0.4) is 0 Å². The zero-order valence-electron chi connectivity index (χ0n) is 13.4. The van der Waals surface area contributed by atoms with E-state index in [0.29, 0.717) is 0 Å². The van der Waals surface area contributed by atoms with Crippen molar-refractivity contribution in [2.45, 2.75) is 6.61 Å². The van der Waals surface area contributed by atoms with Gasteiger partial charge in [0, 0.05) is 0 Å². The van der Waals surface area contributed by atoms with Crippen molar-refractivity contribution >= 4 is 17.9 Å². The molecule has 26 heavy (non-hydrogen) atoms. The minimum absolute atomic E-state index is 0.0170.